The maximum absolute atomic E-state index is 12.4. The van der Waals surface area contributed by atoms with E-state index in [-0.39, 0.29) is 6.03 Å². The highest BCUT2D eigenvalue weighted by Crippen LogP contribution is 2.24. The quantitative estimate of drug-likeness (QED) is 0.812. The van der Waals surface area contributed by atoms with E-state index >= 15 is 0 Å². The monoisotopic (exact) mass is 296 g/mol. The van der Waals surface area contributed by atoms with Gasteiger partial charge in [-0.3, -0.25) is 0 Å². The first kappa shape index (κ1) is 16.1. The summed E-state index contributed by atoms with van der Waals surface area (Å²) in [5.41, 5.74) is 6.28. The summed E-state index contributed by atoms with van der Waals surface area (Å²) in [5.74, 6) is 0. The third-order valence-electron chi connectivity index (χ3n) is 3.96. The smallest absolute Gasteiger partial charge is 0.307 e. The molecule has 2 aromatic carbocycles. The van der Waals surface area contributed by atoms with Gasteiger partial charge in [-0.05, 0) is 48.9 Å². The standard InChI is InChI=1S/C19H24N2O/c1-5-15-11-7-9-13(3)17(15)20-19(22)21-18-14(4)10-8-12-16(18)6-2/h7-12H,5-6H2,1-4H3,(H2,20,21,22). The van der Waals surface area contributed by atoms with Crippen molar-refractivity contribution in [2.75, 3.05) is 10.6 Å². The molecule has 0 heterocycles. The second kappa shape index (κ2) is 7.12. The van der Waals surface area contributed by atoms with Crippen LogP contribution in [0.1, 0.15) is 36.1 Å². The molecular formula is C19H24N2O. The molecule has 2 rings (SSSR count). The zero-order chi connectivity index (χ0) is 16.1. The number of benzene rings is 2. The van der Waals surface area contributed by atoms with Gasteiger partial charge in [-0.15, -0.1) is 0 Å². The van der Waals surface area contributed by atoms with E-state index in [9.17, 15) is 4.79 Å². The van der Waals surface area contributed by atoms with E-state index in [4.69, 9.17) is 0 Å². The average molecular weight is 296 g/mol. The maximum atomic E-state index is 12.4. The molecule has 0 saturated carbocycles. The van der Waals surface area contributed by atoms with Crippen LogP contribution < -0.4 is 10.6 Å². The molecule has 3 nitrogen and oxygen atoms in total. The molecule has 0 aliphatic carbocycles. The summed E-state index contributed by atoms with van der Waals surface area (Å²) in [6.45, 7) is 8.21. The van der Waals surface area contributed by atoms with Crippen LogP contribution in [-0.4, -0.2) is 6.03 Å². The van der Waals surface area contributed by atoms with Crippen LogP contribution in [0.5, 0.6) is 0 Å². The molecule has 0 unspecified atom stereocenters. The highest BCUT2D eigenvalue weighted by atomic mass is 16.2. The fraction of sp³-hybridized carbons (Fsp3) is 0.316. The summed E-state index contributed by atoms with van der Waals surface area (Å²) in [4.78, 5) is 12.4. The molecule has 0 aliphatic heterocycles. The number of para-hydroxylation sites is 2. The number of rotatable bonds is 4. The van der Waals surface area contributed by atoms with Crippen molar-refractivity contribution in [3.8, 4) is 0 Å². The lowest BCUT2D eigenvalue weighted by Gasteiger charge is -2.16. The molecule has 0 saturated heterocycles. The average Bonchev–Trinajstić information content (AvgIpc) is 2.51. The molecule has 0 spiro atoms. The Labute approximate surface area is 132 Å². The van der Waals surface area contributed by atoms with Gasteiger partial charge < -0.3 is 10.6 Å². The fourth-order valence-electron chi connectivity index (χ4n) is 2.66. The lowest BCUT2D eigenvalue weighted by molar-refractivity contribution is 0.262. The zero-order valence-electron chi connectivity index (χ0n) is 13.8. The van der Waals surface area contributed by atoms with Crippen LogP contribution in [0, 0.1) is 13.8 Å². The Hall–Kier alpha value is -2.29. The number of urea groups is 1. The van der Waals surface area contributed by atoms with Gasteiger partial charge in [0.25, 0.3) is 0 Å². The number of carbonyl (C=O) groups is 1. The number of hydrogen-bond donors (Lipinski definition) is 2. The Kier molecular flexibility index (Phi) is 5.21. The largest absolute Gasteiger partial charge is 0.323 e. The molecule has 22 heavy (non-hydrogen) atoms. The predicted octanol–water partition coefficient (Wildman–Crippen LogP) is 5.07. The number of nitrogens with one attached hydrogen (secondary N) is 2. The Bertz CT molecular complexity index is 620. The van der Waals surface area contributed by atoms with Gasteiger partial charge in [-0.2, -0.15) is 0 Å². The molecule has 2 aromatic rings. The van der Waals surface area contributed by atoms with Gasteiger partial charge in [0.1, 0.15) is 0 Å². The number of carbonyl (C=O) groups excluding carboxylic acids is 1. The second-order valence-corrected chi connectivity index (χ2v) is 5.50. The minimum Gasteiger partial charge on any atom is -0.307 e. The first-order valence-electron chi connectivity index (χ1n) is 7.81. The van der Waals surface area contributed by atoms with Crippen molar-refractivity contribution in [2.24, 2.45) is 0 Å². The van der Waals surface area contributed by atoms with Gasteiger partial charge in [0.2, 0.25) is 0 Å². The number of anilines is 2. The SMILES string of the molecule is CCc1cccc(C)c1NC(=O)Nc1c(C)cccc1CC. The van der Waals surface area contributed by atoms with Gasteiger partial charge >= 0.3 is 6.03 Å². The molecule has 0 aliphatic rings. The van der Waals surface area contributed by atoms with Crippen LogP contribution in [0.4, 0.5) is 16.2 Å². The van der Waals surface area contributed by atoms with Crippen LogP contribution in [0.15, 0.2) is 36.4 Å². The van der Waals surface area contributed by atoms with Gasteiger partial charge in [0.15, 0.2) is 0 Å². The van der Waals surface area contributed by atoms with Crippen LogP contribution in [0.25, 0.3) is 0 Å². The summed E-state index contributed by atoms with van der Waals surface area (Å²) in [7, 11) is 0. The maximum Gasteiger partial charge on any atom is 0.323 e. The molecule has 0 aromatic heterocycles. The van der Waals surface area contributed by atoms with Crippen molar-refractivity contribution in [2.45, 2.75) is 40.5 Å². The van der Waals surface area contributed by atoms with Crippen molar-refractivity contribution in [1.29, 1.82) is 0 Å². The molecule has 3 heteroatoms. The molecule has 0 atom stereocenters. The van der Waals surface area contributed by atoms with E-state index in [2.05, 4.69) is 24.5 Å². The fourth-order valence-corrected chi connectivity index (χ4v) is 2.66. The third-order valence-corrected chi connectivity index (χ3v) is 3.96. The summed E-state index contributed by atoms with van der Waals surface area (Å²) < 4.78 is 0. The van der Waals surface area contributed by atoms with E-state index in [1.807, 2.05) is 50.2 Å². The van der Waals surface area contributed by atoms with Crippen molar-refractivity contribution < 1.29 is 4.79 Å². The first-order valence-corrected chi connectivity index (χ1v) is 7.81. The number of aryl methyl sites for hydroxylation is 4. The Balaban J connectivity index is 2.22. The summed E-state index contributed by atoms with van der Waals surface area (Å²) in [6, 6.07) is 12.0. The van der Waals surface area contributed by atoms with E-state index in [0.717, 1.165) is 46.5 Å². The number of amides is 2. The zero-order valence-corrected chi connectivity index (χ0v) is 13.8. The van der Waals surface area contributed by atoms with Gasteiger partial charge in [-0.1, -0.05) is 50.2 Å². The van der Waals surface area contributed by atoms with Crippen molar-refractivity contribution in [1.82, 2.24) is 0 Å². The van der Waals surface area contributed by atoms with Crippen LogP contribution >= 0.6 is 0 Å². The highest BCUT2D eigenvalue weighted by molar-refractivity contribution is 6.01. The molecule has 116 valence electrons. The molecule has 2 N–H and O–H groups in total. The molecular weight excluding hydrogens is 272 g/mol. The first-order chi connectivity index (χ1) is 10.6. The summed E-state index contributed by atoms with van der Waals surface area (Å²) >= 11 is 0. The third kappa shape index (κ3) is 3.48. The molecule has 0 bridgehead atoms. The van der Waals surface area contributed by atoms with Crippen LogP contribution in [0.3, 0.4) is 0 Å². The summed E-state index contributed by atoms with van der Waals surface area (Å²) in [5, 5.41) is 6.01. The predicted molar refractivity (Wildman–Crippen MR) is 93.8 cm³/mol. The highest BCUT2D eigenvalue weighted by Gasteiger charge is 2.11. The molecule has 0 radical (unpaired) electrons. The lowest BCUT2D eigenvalue weighted by Crippen LogP contribution is -2.22. The van der Waals surface area contributed by atoms with E-state index in [1.54, 1.807) is 0 Å². The Morgan fingerprint density at radius 2 is 1.23 bits per heavy atom. The van der Waals surface area contributed by atoms with Crippen LogP contribution in [0.2, 0.25) is 0 Å². The van der Waals surface area contributed by atoms with Gasteiger partial charge in [-0.25, -0.2) is 4.79 Å². The molecule has 0 fully saturated rings. The number of hydrogen-bond acceptors (Lipinski definition) is 1. The van der Waals surface area contributed by atoms with Crippen molar-refractivity contribution in [3.05, 3.63) is 58.7 Å². The van der Waals surface area contributed by atoms with Crippen molar-refractivity contribution >= 4 is 17.4 Å². The van der Waals surface area contributed by atoms with E-state index in [0.29, 0.717) is 0 Å². The second-order valence-electron chi connectivity index (χ2n) is 5.50. The normalized spacial score (nSPS) is 10.4. The molecule has 2 amide bonds. The Morgan fingerprint density at radius 1 is 0.818 bits per heavy atom. The van der Waals surface area contributed by atoms with E-state index in [1.165, 1.54) is 0 Å². The summed E-state index contributed by atoms with van der Waals surface area (Å²) in [6.07, 6.45) is 1.78. The topological polar surface area (TPSA) is 41.1 Å². The minimum atomic E-state index is -0.187. The Morgan fingerprint density at radius 3 is 1.59 bits per heavy atom. The minimum absolute atomic E-state index is 0.187. The van der Waals surface area contributed by atoms with E-state index < -0.39 is 0 Å². The van der Waals surface area contributed by atoms with Gasteiger partial charge in [0, 0.05) is 11.4 Å². The van der Waals surface area contributed by atoms with Crippen LogP contribution in [-0.2, 0) is 12.8 Å². The van der Waals surface area contributed by atoms with Gasteiger partial charge in [0.05, 0.1) is 0 Å². The lowest BCUT2D eigenvalue weighted by atomic mass is 10.1. The van der Waals surface area contributed by atoms with Crippen molar-refractivity contribution in [3.63, 3.8) is 0 Å².